The zero-order chi connectivity index (χ0) is 33.7. The Kier molecular flexibility index (Phi) is 15.4. The Bertz CT molecular complexity index is 2390. The zero-order valence-corrected chi connectivity index (χ0v) is 31.7. The molecular formula is C31H18CuN6Na2O9S. The number of rotatable bonds is 9. The number of carboxylic acids is 1. The van der Waals surface area contributed by atoms with Crippen molar-refractivity contribution in [3.63, 3.8) is 0 Å². The smallest absolute Gasteiger partial charge is 0.872 e. The molecule has 0 aliphatic rings. The molecular weight excluding hydrogens is 742 g/mol. The maximum absolute atomic E-state index is 12.8. The number of azo groups is 1. The van der Waals surface area contributed by atoms with Crippen LogP contribution >= 0.6 is 0 Å². The van der Waals surface area contributed by atoms with E-state index in [2.05, 4.69) is 31.3 Å². The second-order valence-electron chi connectivity index (χ2n) is 9.61. The Hall–Kier alpha value is -4.00. The summed E-state index contributed by atoms with van der Waals surface area (Å²) in [5.74, 6) is -2.98. The number of nitrogens with zero attached hydrogens (tertiary/aromatic N) is 4. The molecule has 5 rings (SSSR count). The molecule has 0 spiro atoms. The Labute approximate surface area is 337 Å². The minimum atomic E-state index is -4.84. The second kappa shape index (κ2) is 18.3. The molecule has 0 unspecified atom stereocenters. The van der Waals surface area contributed by atoms with Crippen LogP contribution in [-0.2, 0) is 27.2 Å². The molecule has 1 radical (unpaired) electrons. The van der Waals surface area contributed by atoms with Gasteiger partial charge in [-0.1, -0.05) is 47.9 Å². The molecule has 0 aromatic heterocycles. The first-order valence-corrected chi connectivity index (χ1v) is 14.7. The first kappa shape index (κ1) is 42.2. The molecule has 2 N–H and O–H groups in total. The third-order valence-electron chi connectivity index (χ3n) is 6.46. The van der Waals surface area contributed by atoms with Crippen molar-refractivity contribution in [1.82, 2.24) is 0 Å². The third-order valence-corrected chi connectivity index (χ3v) is 7.29. The fourth-order valence-corrected chi connectivity index (χ4v) is 4.54. The number of anilines is 2. The SMILES string of the molecule is O=C([O-])c1cc(N=Nc2ccc(-c3ccc(N/N=c4/c(=O)cc/c(=N\Nc5cc(S(=O)(=O)[O-])ccc5[O-])c4=O)cc3)cc2)ccc1[O-].[Cu+2].[Na+].[Na+]. The molecule has 0 aliphatic heterocycles. The van der Waals surface area contributed by atoms with Gasteiger partial charge in [0.15, 0.2) is 5.36 Å². The summed E-state index contributed by atoms with van der Waals surface area (Å²) in [6.07, 6.45) is 0. The van der Waals surface area contributed by atoms with Crippen LogP contribution in [0.3, 0.4) is 0 Å². The molecule has 0 fully saturated rings. The summed E-state index contributed by atoms with van der Waals surface area (Å²) in [4.78, 5) is 35.6. The van der Waals surface area contributed by atoms with Gasteiger partial charge in [0.25, 0.3) is 0 Å². The van der Waals surface area contributed by atoms with Crippen LogP contribution in [-0.4, -0.2) is 18.9 Å². The minimum Gasteiger partial charge on any atom is -0.872 e. The molecule has 0 bridgehead atoms. The van der Waals surface area contributed by atoms with Gasteiger partial charge in [-0.2, -0.15) is 20.4 Å². The van der Waals surface area contributed by atoms with Crippen molar-refractivity contribution >= 4 is 38.8 Å². The summed E-state index contributed by atoms with van der Waals surface area (Å²) in [6.45, 7) is 0. The summed E-state index contributed by atoms with van der Waals surface area (Å²) in [7, 11) is -4.84. The number of hydrogen-bond acceptors (Lipinski definition) is 15. The Morgan fingerprint density at radius 3 is 1.88 bits per heavy atom. The molecule has 0 saturated heterocycles. The zero-order valence-electron chi connectivity index (χ0n) is 25.9. The number of carbonyl (C=O) groups excluding carboxylic acids is 1. The second-order valence-corrected chi connectivity index (χ2v) is 11.0. The van der Waals surface area contributed by atoms with Crippen LogP contribution < -0.4 is 107 Å². The third kappa shape index (κ3) is 10.5. The van der Waals surface area contributed by atoms with Gasteiger partial charge < -0.3 is 24.7 Å². The van der Waals surface area contributed by atoms with E-state index < -0.39 is 54.3 Å². The van der Waals surface area contributed by atoms with Crippen molar-refractivity contribution in [2.75, 3.05) is 10.9 Å². The van der Waals surface area contributed by atoms with E-state index in [-0.39, 0.29) is 92.9 Å². The van der Waals surface area contributed by atoms with Gasteiger partial charge in [0.2, 0.25) is 10.9 Å². The molecule has 0 heterocycles. The largest absolute Gasteiger partial charge is 2.00 e. The van der Waals surface area contributed by atoms with E-state index in [1.54, 1.807) is 48.5 Å². The molecule has 19 heteroatoms. The van der Waals surface area contributed by atoms with Gasteiger partial charge in [-0.15, -0.1) is 0 Å². The summed E-state index contributed by atoms with van der Waals surface area (Å²) < 4.78 is 33.7. The van der Waals surface area contributed by atoms with Gasteiger partial charge in [-0.3, -0.25) is 20.4 Å². The van der Waals surface area contributed by atoms with Crippen LogP contribution in [0.15, 0.2) is 132 Å². The summed E-state index contributed by atoms with van der Waals surface area (Å²) in [6, 6.07) is 21.8. The van der Waals surface area contributed by atoms with Crippen LogP contribution in [0.25, 0.3) is 11.1 Å². The van der Waals surface area contributed by atoms with Crippen molar-refractivity contribution in [2.24, 2.45) is 20.4 Å². The quantitative estimate of drug-likeness (QED) is 0.0621. The Balaban J connectivity index is 0.00000289. The molecule has 0 saturated carbocycles. The predicted octanol–water partition coefficient (Wildman–Crippen LogP) is -5.36. The number of benzene rings is 5. The monoisotopic (exact) mass is 759 g/mol. The molecule has 50 heavy (non-hydrogen) atoms. The minimum absolute atomic E-state index is 0. The fourth-order valence-electron chi connectivity index (χ4n) is 4.04. The van der Waals surface area contributed by atoms with Crippen molar-refractivity contribution in [3.05, 3.63) is 134 Å². The van der Waals surface area contributed by atoms with Gasteiger partial charge >= 0.3 is 76.2 Å². The summed E-state index contributed by atoms with van der Waals surface area (Å²) in [5, 5.41) is 49.5. The fraction of sp³-hybridized carbons (Fsp3) is 0. The predicted molar refractivity (Wildman–Crippen MR) is 160 cm³/mol. The van der Waals surface area contributed by atoms with E-state index in [1.165, 1.54) is 6.07 Å². The van der Waals surface area contributed by atoms with Crippen molar-refractivity contribution in [2.45, 2.75) is 4.90 Å². The first-order chi connectivity index (χ1) is 22.4. The Morgan fingerprint density at radius 1 is 0.680 bits per heavy atom. The standard InChI is InChI=1S/C31H22N6O9S.Cu.2Na/c38-26-12-9-21(15-23(26)31(42)43)34-32-19-5-1-17(2-6-19)18-3-7-20(8-4-18)33-37-29-28(40)14-11-24(30(29)41)35-36-25-16-22(47(44,45)46)10-13-27(25)39;;;/h1-16,33,36,38-39H,(H,42,43)(H,44,45,46);;;/q;+2;2*+1/p-4/b34-32?,35-24+,37-29-;;;. The van der Waals surface area contributed by atoms with Crippen molar-refractivity contribution in [3.8, 4) is 22.6 Å². The van der Waals surface area contributed by atoms with E-state index in [9.17, 15) is 42.7 Å². The van der Waals surface area contributed by atoms with E-state index in [0.717, 1.165) is 53.6 Å². The summed E-state index contributed by atoms with van der Waals surface area (Å²) >= 11 is 0. The number of aromatic carboxylic acids is 1. The van der Waals surface area contributed by atoms with E-state index in [4.69, 9.17) is 0 Å². The van der Waals surface area contributed by atoms with Crippen LogP contribution in [0, 0.1) is 0 Å². The average molecular weight is 760 g/mol. The maximum atomic E-state index is 12.8. The van der Waals surface area contributed by atoms with Gasteiger partial charge in [-0.05, 0) is 77.4 Å². The van der Waals surface area contributed by atoms with E-state index >= 15 is 0 Å². The van der Waals surface area contributed by atoms with E-state index in [1.807, 2.05) is 0 Å². The molecule has 245 valence electrons. The molecule has 5 aromatic rings. The maximum Gasteiger partial charge on any atom is 2.00 e. The topological polar surface area (TPSA) is 251 Å². The summed E-state index contributed by atoms with van der Waals surface area (Å²) in [5.41, 5.74) is 5.11. The number of hydrogen-bond donors (Lipinski definition) is 2. The van der Waals surface area contributed by atoms with Crippen LogP contribution in [0.4, 0.5) is 22.7 Å². The average Bonchev–Trinajstić information content (AvgIpc) is 3.04. The normalized spacial score (nSPS) is 11.6. The van der Waals surface area contributed by atoms with Gasteiger partial charge in [0.05, 0.1) is 27.9 Å². The van der Waals surface area contributed by atoms with Crippen molar-refractivity contribution < 1.29 is 109 Å². The van der Waals surface area contributed by atoms with Crippen LogP contribution in [0.1, 0.15) is 10.4 Å². The Morgan fingerprint density at radius 2 is 1.26 bits per heavy atom. The number of carbonyl (C=O) groups is 1. The number of nitrogens with one attached hydrogen (secondary N) is 2. The van der Waals surface area contributed by atoms with E-state index in [0.29, 0.717) is 11.4 Å². The van der Waals surface area contributed by atoms with Crippen LogP contribution in [0.5, 0.6) is 11.5 Å². The molecule has 0 aliphatic carbocycles. The van der Waals surface area contributed by atoms with Crippen LogP contribution in [0.2, 0.25) is 0 Å². The van der Waals surface area contributed by atoms with Gasteiger partial charge in [-0.25, -0.2) is 8.42 Å². The van der Waals surface area contributed by atoms with Gasteiger partial charge in [0, 0.05) is 5.69 Å². The molecule has 0 atom stereocenters. The van der Waals surface area contributed by atoms with Crippen molar-refractivity contribution in [1.29, 1.82) is 0 Å². The first-order valence-electron chi connectivity index (χ1n) is 13.2. The van der Waals surface area contributed by atoms with Gasteiger partial charge in [0.1, 0.15) is 15.5 Å². The molecule has 15 nitrogen and oxygen atoms in total. The molecule has 5 aromatic carbocycles. The number of carboxylic acid groups (broad SMARTS) is 1. The molecule has 0 amide bonds.